The summed E-state index contributed by atoms with van der Waals surface area (Å²) in [5.74, 6) is 0.425. The first-order valence-electron chi connectivity index (χ1n) is 5.49. The van der Waals surface area contributed by atoms with E-state index in [0.29, 0.717) is 12.5 Å². The second-order valence-electron chi connectivity index (χ2n) is 4.01. The summed E-state index contributed by atoms with van der Waals surface area (Å²) in [7, 11) is 0. The molecule has 0 saturated carbocycles. The first-order chi connectivity index (χ1) is 8.09. The molecule has 0 aliphatic rings. The van der Waals surface area contributed by atoms with E-state index in [2.05, 4.69) is 18.8 Å². The Balaban J connectivity index is 2.25. The molecule has 0 aromatic carbocycles. The van der Waals surface area contributed by atoms with Crippen molar-refractivity contribution in [3.8, 4) is 0 Å². The van der Waals surface area contributed by atoms with Crippen LogP contribution < -0.4 is 0 Å². The number of hydrogen-bond acceptors (Lipinski definition) is 4. The average Bonchev–Trinajstić information content (AvgIpc) is 2.29. The van der Waals surface area contributed by atoms with Gasteiger partial charge in [-0.1, -0.05) is 13.8 Å². The van der Waals surface area contributed by atoms with Crippen molar-refractivity contribution in [1.29, 1.82) is 0 Å². The highest BCUT2D eigenvalue weighted by Crippen LogP contribution is 2.15. The molecule has 0 aliphatic heterocycles. The van der Waals surface area contributed by atoms with E-state index in [1.165, 1.54) is 6.20 Å². The molecular formula is C12H17NO3S. The molecule has 0 aliphatic carbocycles. The Morgan fingerprint density at radius 2 is 2.29 bits per heavy atom. The number of carboxylic acid groups (broad SMARTS) is 1. The molecular weight excluding hydrogens is 238 g/mol. The summed E-state index contributed by atoms with van der Waals surface area (Å²) in [4.78, 5) is 14.7. The van der Waals surface area contributed by atoms with Crippen molar-refractivity contribution in [1.82, 2.24) is 4.98 Å². The highest BCUT2D eigenvalue weighted by atomic mass is 32.2. The molecule has 94 valence electrons. The van der Waals surface area contributed by atoms with Gasteiger partial charge in [-0.3, -0.25) is 0 Å². The molecule has 1 aromatic rings. The van der Waals surface area contributed by atoms with Crippen LogP contribution >= 0.6 is 11.8 Å². The normalized spacial score (nSPS) is 10.8. The van der Waals surface area contributed by atoms with Crippen LogP contribution in [0.2, 0.25) is 0 Å². The fourth-order valence-electron chi connectivity index (χ4n) is 1.12. The topological polar surface area (TPSA) is 59.4 Å². The smallest absolute Gasteiger partial charge is 0.337 e. The van der Waals surface area contributed by atoms with Crippen LogP contribution in [0, 0.1) is 5.92 Å². The van der Waals surface area contributed by atoms with Gasteiger partial charge in [0, 0.05) is 18.6 Å². The van der Waals surface area contributed by atoms with Crippen LogP contribution in [0.4, 0.5) is 0 Å². The van der Waals surface area contributed by atoms with E-state index in [-0.39, 0.29) is 5.56 Å². The van der Waals surface area contributed by atoms with Gasteiger partial charge in [-0.25, -0.2) is 9.78 Å². The molecule has 1 heterocycles. The molecule has 0 saturated heterocycles. The number of hydrogen-bond donors (Lipinski definition) is 1. The lowest BCUT2D eigenvalue weighted by Crippen LogP contribution is -2.04. The Labute approximate surface area is 105 Å². The van der Waals surface area contributed by atoms with Crippen molar-refractivity contribution in [2.45, 2.75) is 18.9 Å². The van der Waals surface area contributed by atoms with E-state index in [0.717, 1.165) is 17.4 Å². The highest BCUT2D eigenvalue weighted by molar-refractivity contribution is 7.99. The van der Waals surface area contributed by atoms with Crippen LogP contribution in [0.1, 0.15) is 24.2 Å². The van der Waals surface area contributed by atoms with Gasteiger partial charge in [-0.05, 0) is 18.1 Å². The number of aromatic nitrogens is 1. The van der Waals surface area contributed by atoms with Crippen molar-refractivity contribution in [2.24, 2.45) is 5.92 Å². The van der Waals surface area contributed by atoms with Crippen LogP contribution in [-0.4, -0.2) is 35.0 Å². The fraction of sp³-hybridized carbons (Fsp3) is 0.500. The van der Waals surface area contributed by atoms with Crippen molar-refractivity contribution < 1.29 is 14.6 Å². The summed E-state index contributed by atoms with van der Waals surface area (Å²) in [6, 6.07) is 3.28. The molecule has 4 nitrogen and oxygen atoms in total. The van der Waals surface area contributed by atoms with Gasteiger partial charge in [-0.15, -0.1) is 11.8 Å². The molecule has 5 heteroatoms. The molecule has 0 spiro atoms. The second kappa shape index (κ2) is 7.29. The number of aromatic carboxylic acids is 1. The molecule has 0 unspecified atom stereocenters. The predicted molar refractivity (Wildman–Crippen MR) is 67.6 cm³/mol. The largest absolute Gasteiger partial charge is 0.478 e. The quantitative estimate of drug-likeness (QED) is 0.599. The Morgan fingerprint density at radius 3 is 2.82 bits per heavy atom. The minimum atomic E-state index is -0.950. The second-order valence-corrected chi connectivity index (χ2v) is 5.12. The van der Waals surface area contributed by atoms with Gasteiger partial charge >= 0.3 is 5.97 Å². The van der Waals surface area contributed by atoms with Crippen molar-refractivity contribution in [3.05, 3.63) is 23.9 Å². The fourth-order valence-corrected chi connectivity index (χ4v) is 1.82. The number of carbonyl (C=O) groups is 1. The van der Waals surface area contributed by atoms with Gasteiger partial charge < -0.3 is 9.84 Å². The maximum atomic E-state index is 10.6. The first kappa shape index (κ1) is 14.0. The first-order valence-corrected chi connectivity index (χ1v) is 6.48. The summed E-state index contributed by atoms with van der Waals surface area (Å²) in [5, 5.41) is 9.53. The SMILES string of the molecule is CC(C)COCCSc1ccc(C(=O)O)cn1. The molecule has 0 fully saturated rings. The van der Waals surface area contributed by atoms with E-state index in [9.17, 15) is 4.79 Å². The molecule has 1 N–H and O–H groups in total. The maximum absolute atomic E-state index is 10.6. The van der Waals surface area contributed by atoms with E-state index in [4.69, 9.17) is 9.84 Å². The molecule has 1 rings (SSSR count). The van der Waals surface area contributed by atoms with E-state index in [1.54, 1.807) is 23.9 Å². The van der Waals surface area contributed by atoms with Crippen LogP contribution in [0.15, 0.2) is 23.4 Å². The van der Waals surface area contributed by atoms with Crippen LogP contribution in [0.5, 0.6) is 0 Å². The van der Waals surface area contributed by atoms with Crippen molar-refractivity contribution >= 4 is 17.7 Å². The lowest BCUT2D eigenvalue weighted by Gasteiger charge is -2.06. The van der Waals surface area contributed by atoms with Crippen molar-refractivity contribution in [2.75, 3.05) is 19.0 Å². The Kier molecular flexibility index (Phi) is 6.00. The molecule has 17 heavy (non-hydrogen) atoms. The summed E-state index contributed by atoms with van der Waals surface area (Å²) in [6.07, 6.45) is 1.37. The predicted octanol–water partition coefficient (Wildman–Crippen LogP) is 2.54. The van der Waals surface area contributed by atoms with Gasteiger partial charge in [0.05, 0.1) is 17.2 Å². The number of pyridine rings is 1. The zero-order valence-electron chi connectivity index (χ0n) is 10.0. The molecule has 0 amide bonds. The molecule has 0 bridgehead atoms. The molecule has 0 atom stereocenters. The Morgan fingerprint density at radius 1 is 1.53 bits per heavy atom. The lowest BCUT2D eigenvalue weighted by molar-refractivity contribution is 0.0696. The standard InChI is InChI=1S/C12H17NO3S/c1-9(2)8-16-5-6-17-11-4-3-10(7-13-11)12(14)15/h3-4,7,9H,5-6,8H2,1-2H3,(H,14,15). The third-order valence-corrected chi connectivity index (χ3v) is 2.82. The zero-order valence-corrected chi connectivity index (χ0v) is 10.9. The molecule has 1 aromatic heterocycles. The van der Waals surface area contributed by atoms with Gasteiger partial charge in [-0.2, -0.15) is 0 Å². The van der Waals surface area contributed by atoms with E-state index >= 15 is 0 Å². The third-order valence-electron chi connectivity index (χ3n) is 1.91. The number of rotatable bonds is 7. The Hall–Kier alpha value is -1.07. The Bertz CT molecular complexity index is 351. The zero-order chi connectivity index (χ0) is 12.7. The van der Waals surface area contributed by atoms with E-state index < -0.39 is 5.97 Å². The summed E-state index contributed by atoms with van der Waals surface area (Å²) >= 11 is 1.56. The minimum Gasteiger partial charge on any atom is -0.478 e. The highest BCUT2D eigenvalue weighted by Gasteiger charge is 2.03. The van der Waals surface area contributed by atoms with Crippen molar-refractivity contribution in [3.63, 3.8) is 0 Å². The van der Waals surface area contributed by atoms with Crippen LogP contribution in [0.3, 0.4) is 0 Å². The number of nitrogens with zero attached hydrogens (tertiary/aromatic N) is 1. The summed E-state index contributed by atoms with van der Waals surface area (Å²) in [5.41, 5.74) is 0.213. The van der Waals surface area contributed by atoms with Gasteiger partial charge in [0.15, 0.2) is 0 Å². The third kappa shape index (κ3) is 5.70. The summed E-state index contributed by atoms with van der Waals surface area (Å²) in [6.45, 7) is 5.68. The van der Waals surface area contributed by atoms with Crippen LogP contribution in [0.25, 0.3) is 0 Å². The number of carboxylic acids is 1. The maximum Gasteiger partial charge on any atom is 0.337 e. The van der Waals surface area contributed by atoms with Gasteiger partial charge in [0.1, 0.15) is 0 Å². The minimum absolute atomic E-state index is 0.213. The van der Waals surface area contributed by atoms with Gasteiger partial charge in [0.25, 0.3) is 0 Å². The lowest BCUT2D eigenvalue weighted by atomic mass is 10.2. The van der Waals surface area contributed by atoms with Gasteiger partial charge in [0.2, 0.25) is 0 Å². The number of thioether (sulfide) groups is 1. The number of ether oxygens (including phenoxy) is 1. The summed E-state index contributed by atoms with van der Waals surface area (Å²) < 4.78 is 5.44. The average molecular weight is 255 g/mol. The van der Waals surface area contributed by atoms with E-state index in [1.807, 2.05) is 0 Å². The molecule has 0 radical (unpaired) electrons. The monoisotopic (exact) mass is 255 g/mol. The van der Waals surface area contributed by atoms with Crippen LogP contribution in [-0.2, 0) is 4.74 Å².